The van der Waals surface area contributed by atoms with Crippen molar-refractivity contribution in [3.63, 3.8) is 0 Å². The molecule has 1 amide bonds. The molecule has 0 saturated carbocycles. The summed E-state index contributed by atoms with van der Waals surface area (Å²) >= 11 is 0. The van der Waals surface area contributed by atoms with Crippen LogP contribution in [0.15, 0.2) is 36.7 Å². The lowest BCUT2D eigenvalue weighted by atomic mass is 10.1. The molecule has 2 aromatic rings. The predicted octanol–water partition coefficient (Wildman–Crippen LogP) is 3.85. The van der Waals surface area contributed by atoms with Gasteiger partial charge in [-0.3, -0.25) is 9.88 Å². The number of anilines is 2. The first-order valence-corrected chi connectivity index (χ1v) is 8.92. The first kappa shape index (κ1) is 21.6. The van der Waals surface area contributed by atoms with E-state index in [2.05, 4.69) is 4.98 Å². The lowest BCUT2D eigenvalue weighted by molar-refractivity contribution is 0.144. The maximum atomic E-state index is 13.5. The van der Waals surface area contributed by atoms with Gasteiger partial charge in [-0.15, -0.1) is 0 Å². The highest BCUT2D eigenvalue weighted by Gasteiger charge is 2.29. The Bertz CT molecular complexity index is 812. The van der Waals surface area contributed by atoms with Crippen molar-refractivity contribution in [2.24, 2.45) is 0 Å². The lowest BCUT2D eigenvalue weighted by Gasteiger charge is -2.32. The van der Waals surface area contributed by atoms with Crippen molar-refractivity contribution >= 4 is 17.5 Å². The van der Waals surface area contributed by atoms with Crippen LogP contribution in [0.4, 0.5) is 25.0 Å². The summed E-state index contributed by atoms with van der Waals surface area (Å²) in [5, 5.41) is 20.1. The third-order valence-corrected chi connectivity index (χ3v) is 4.61. The molecular weight excluding hydrogens is 368 g/mol. The fourth-order valence-corrected chi connectivity index (χ4v) is 2.88. The van der Waals surface area contributed by atoms with E-state index in [9.17, 15) is 23.8 Å². The number of halogens is 2. The number of amides is 1. The molecule has 0 unspecified atom stereocenters. The van der Waals surface area contributed by atoms with E-state index >= 15 is 0 Å². The molecule has 8 heteroatoms. The Morgan fingerprint density at radius 2 is 1.68 bits per heavy atom. The highest BCUT2D eigenvalue weighted by Crippen LogP contribution is 2.24. The minimum Gasteiger partial charge on any atom is -0.465 e. The fraction of sp³-hybridized carbons (Fsp3) is 0.400. The zero-order chi connectivity index (χ0) is 21.0. The maximum Gasteiger partial charge on any atom is 0.412 e. The third-order valence-electron chi connectivity index (χ3n) is 4.61. The molecule has 6 nitrogen and oxygen atoms in total. The van der Waals surface area contributed by atoms with Crippen molar-refractivity contribution in [1.82, 2.24) is 4.98 Å². The van der Waals surface area contributed by atoms with Crippen LogP contribution in [0.25, 0.3) is 0 Å². The molecule has 1 aromatic heterocycles. The monoisotopic (exact) mass is 393 g/mol. The number of carboxylic acid groups (broad SMARTS) is 1. The molecule has 0 spiro atoms. The summed E-state index contributed by atoms with van der Waals surface area (Å²) < 4.78 is 27.0. The largest absolute Gasteiger partial charge is 0.465 e. The van der Waals surface area contributed by atoms with Gasteiger partial charge in [-0.05, 0) is 36.6 Å². The number of rotatable bonds is 7. The smallest absolute Gasteiger partial charge is 0.412 e. The molecule has 0 fully saturated rings. The molecule has 28 heavy (non-hydrogen) atoms. The summed E-state index contributed by atoms with van der Waals surface area (Å²) in [6, 6.07) is 3.50. The second kappa shape index (κ2) is 8.97. The van der Waals surface area contributed by atoms with Gasteiger partial charge in [0.05, 0.1) is 29.7 Å². The van der Waals surface area contributed by atoms with Crippen LogP contribution in [0.1, 0.15) is 32.3 Å². The van der Waals surface area contributed by atoms with Gasteiger partial charge in [0.1, 0.15) is 11.6 Å². The van der Waals surface area contributed by atoms with Crippen LogP contribution < -0.4 is 9.80 Å². The van der Waals surface area contributed by atoms with E-state index in [0.717, 1.165) is 28.3 Å². The van der Waals surface area contributed by atoms with Crippen molar-refractivity contribution in [2.75, 3.05) is 23.4 Å². The zero-order valence-electron chi connectivity index (χ0n) is 16.3. The molecule has 1 aromatic carbocycles. The maximum absolute atomic E-state index is 13.5. The van der Waals surface area contributed by atoms with Crippen molar-refractivity contribution in [1.29, 1.82) is 0 Å². The molecule has 1 heterocycles. The first-order chi connectivity index (χ1) is 13.1. The Labute approximate surface area is 163 Å². The Hall–Kier alpha value is -2.74. The molecule has 0 bridgehead atoms. The first-order valence-electron chi connectivity index (χ1n) is 8.92. The Kier molecular flexibility index (Phi) is 6.90. The van der Waals surface area contributed by atoms with Gasteiger partial charge in [-0.2, -0.15) is 0 Å². The number of pyridine rings is 1. The Morgan fingerprint density at radius 3 is 2.21 bits per heavy atom. The minimum atomic E-state index is -1.41. The molecule has 0 aliphatic rings. The molecule has 0 radical (unpaired) electrons. The highest BCUT2D eigenvalue weighted by molar-refractivity contribution is 5.86. The minimum absolute atomic E-state index is 0.103. The summed E-state index contributed by atoms with van der Waals surface area (Å²) in [4.78, 5) is 18.4. The average molecular weight is 393 g/mol. The van der Waals surface area contributed by atoms with Crippen LogP contribution in [0, 0.1) is 11.6 Å². The van der Waals surface area contributed by atoms with Gasteiger partial charge >= 0.3 is 6.09 Å². The number of benzene rings is 1. The highest BCUT2D eigenvalue weighted by atomic mass is 19.1. The molecule has 2 rings (SSSR count). The molecule has 0 aliphatic heterocycles. The average Bonchev–Trinajstić information content (AvgIpc) is 2.60. The number of aliphatic hydroxyl groups is 1. The van der Waals surface area contributed by atoms with Gasteiger partial charge in [0.2, 0.25) is 0 Å². The van der Waals surface area contributed by atoms with Crippen LogP contribution >= 0.6 is 0 Å². The van der Waals surface area contributed by atoms with Gasteiger partial charge in [0.15, 0.2) is 0 Å². The topological polar surface area (TPSA) is 76.9 Å². The van der Waals surface area contributed by atoms with E-state index in [1.807, 2.05) is 19.9 Å². The normalized spacial score (nSPS) is 13.3. The second-order valence-corrected chi connectivity index (χ2v) is 7.10. The van der Waals surface area contributed by atoms with E-state index < -0.39 is 29.9 Å². The molecule has 0 saturated heterocycles. The van der Waals surface area contributed by atoms with Crippen LogP contribution in [0.3, 0.4) is 0 Å². The standard InChI is InChI=1S/C20H25F2N3O3/c1-12(2)14-5-18(10-23-9-14)24(4)11-19(26)13(3)25(20(27)28)17-7-15(21)6-16(22)8-17/h5-10,12-13,19,26H,11H2,1-4H3,(H,27,28)/t13-,19+/m0/s1. The molecular formula is C20H25F2N3O3. The molecule has 0 aliphatic carbocycles. The quantitative estimate of drug-likeness (QED) is 0.747. The van der Waals surface area contributed by atoms with Crippen molar-refractivity contribution < 1.29 is 23.8 Å². The van der Waals surface area contributed by atoms with E-state index in [4.69, 9.17) is 0 Å². The van der Waals surface area contributed by atoms with Gasteiger partial charge in [-0.25, -0.2) is 13.6 Å². The van der Waals surface area contributed by atoms with E-state index in [-0.39, 0.29) is 18.2 Å². The van der Waals surface area contributed by atoms with Gasteiger partial charge in [-0.1, -0.05) is 13.8 Å². The summed E-state index contributed by atoms with van der Waals surface area (Å²) in [6.45, 7) is 5.67. The number of hydrogen-bond acceptors (Lipinski definition) is 4. The Balaban J connectivity index is 2.20. The number of nitrogens with zero attached hydrogens (tertiary/aromatic N) is 3. The number of aromatic nitrogens is 1. The fourth-order valence-electron chi connectivity index (χ4n) is 2.88. The summed E-state index contributed by atoms with van der Waals surface area (Å²) in [5.41, 5.74) is 1.63. The summed E-state index contributed by atoms with van der Waals surface area (Å²) in [5.74, 6) is -1.50. The Morgan fingerprint density at radius 1 is 1.07 bits per heavy atom. The van der Waals surface area contributed by atoms with E-state index in [0.29, 0.717) is 6.07 Å². The SMILES string of the molecule is CC(C)c1cncc(N(C)C[C@@H](O)[C@H](C)N(C(=O)O)c2cc(F)cc(F)c2)c1. The lowest BCUT2D eigenvalue weighted by Crippen LogP contribution is -2.49. The van der Waals surface area contributed by atoms with Crippen LogP contribution in [0.2, 0.25) is 0 Å². The summed E-state index contributed by atoms with van der Waals surface area (Å²) in [6.07, 6.45) is 0.893. The number of carbonyl (C=O) groups is 1. The van der Waals surface area contributed by atoms with Crippen LogP contribution in [0.5, 0.6) is 0 Å². The molecule has 152 valence electrons. The number of aliphatic hydroxyl groups excluding tert-OH is 1. The predicted molar refractivity (Wildman–Crippen MR) is 104 cm³/mol. The third kappa shape index (κ3) is 5.16. The van der Waals surface area contributed by atoms with Crippen molar-refractivity contribution in [3.8, 4) is 0 Å². The van der Waals surface area contributed by atoms with E-state index in [1.54, 1.807) is 24.3 Å². The van der Waals surface area contributed by atoms with Crippen LogP contribution in [-0.4, -0.2) is 47.0 Å². The van der Waals surface area contributed by atoms with Crippen molar-refractivity contribution in [3.05, 3.63) is 53.9 Å². The second-order valence-electron chi connectivity index (χ2n) is 7.10. The van der Waals surface area contributed by atoms with Crippen molar-refractivity contribution in [2.45, 2.75) is 38.8 Å². The van der Waals surface area contributed by atoms with Gasteiger partial charge in [0.25, 0.3) is 0 Å². The summed E-state index contributed by atoms with van der Waals surface area (Å²) in [7, 11) is 1.75. The van der Waals surface area contributed by atoms with Crippen LogP contribution in [-0.2, 0) is 0 Å². The van der Waals surface area contributed by atoms with Gasteiger partial charge in [0, 0.05) is 25.9 Å². The molecule has 2 N–H and O–H groups in total. The molecule has 2 atom stereocenters. The zero-order valence-corrected chi connectivity index (χ0v) is 16.3. The number of likely N-dealkylation sites (N-methyl/N-ethyl adjacent to an activating group) is 1. The number of hydrogen-bond donors (Lipinski definition) is 2. The van der Waals surface area contributed by atoms with E-state index in [1.165, 1.54) is 6.92 Å². The van der Waals surface area contributed by atoms with Gasteiger partial charge < -0.3 is 15.1 Å².